The summed E-state index contributed by atoms with van der Waals surface area (Å²) >= 11 is 1.81. The zero-order valence-corrected chi connectivity index (χ0v) is 34.2. The molecule has 0 bridgehead atoms. The number of benzene rings is 6. The second kappa shape index (κ2) is 13.4. The summed E-state index contributed by atoms with van der Waals surface area (Å²) in [6.07, 6.45) is 0. The van der Waals surface area contributed by atoms with Crippen molar-refractivity contribution in [3.05, 3.63) is 192 Å². The van der Waals surface area contributed by atoms with Crippen LogP contribution in [0.1, 0.15) is 49.9 Å². The number of thiophene rings is 1. The molecular formula is C54H40N4S. The van der Waals surface area contributed by atoms with E-state index in [-0.39, 0.29) is 10.8 Å². The van der Waals surface area contributed by atoms with E-state index in [0.29, 0.717) is 0 Å². The van der Waals surface area contributed by atoms with Crippen LogP contribution in [0, 0.1) is 0 Å². The van der Waals surface area contributed by atoms with Gasteiger partial charge in [0.05, 0.1) is 22.8 Å². The molecule has 282 valence electrons. The lowest BCUT2D eigenvalue weighted by Crippen LogP contribution is -2.17. The van der Waals surface area contributed by atoms with Gasteiger partial charge in [0.15, 0.2) is 11.6 Å². The summed E-state index contributed by atoms with van der Waals surface area (Å²) in [5.41, 5.74) is 17.5. The Hall–Kier alpha value is -6.82. The Kier molecular flexibility index (Phi) is 8.01. The topological polar surface area (TPSA) is 51.6 Å². The summed E-state index contributed by atoms with van der Waals surface area (Å²) in [6, 6.07) is 60.3. The van der Waals surface area contributed by atoms with E-state index in [1.165, 1.54) is 54.3 Å². The zero-order chi connectivity index (χ0) is 39.9. The maximum atomic E-state index is 5.28. The van der Waals surface area contributed by atoms with Crippen LogP contribution in [0.5, 0.6) is 0 Å². The maximum Gasteiger partial charge on any atom is 0.160 e. The fourth-order valence-electron chi connectivity index (χ4n) is 9.32. The fourth-order valence-corrected chi connectivity index (χ4v) is 10.3. The molecular weight excluding hydrogens is 737 g/mol. The first-order valence-corrected chi connectivity index (χ1v) is 21.0. The standard InChI is InChI=1S/C54H40N4S/c1-53(2)41-21-13-11-19-39(41)49-45(53)47(55-51(57-49)37-15-7-5-8-16-37)35-27-23-33(24-28-35)43-31-32-44(59-43)34-25-29-36(30-26-34)48-46-50(40-20-12-14-22-42(40)54(46,3)4)58-52(56-48)38-17-9-6-10-18-38/h5-32H,1-4H3. The van der Waals surface area contributed by atoms with Crippen molar-refractivity contribution in [3.8, 4) is 88.7 Å². The molecule has 2 aliphatic rings. The van der Waals surface area contributed by atoms with E-state index >= 15 is 0 Å². The van der Waals surface area contributed by atoms with Crippen molar-refractivity contribution in [3.63, 3.8) is 0 Å². The number of hydrogen-bond acceptors (Lipinski definition) is 5. The van der Waals surface area contributed by atoms with Crippen molar-refractivity contribution in [2.45, 2.75) is 38.5 Å². The number of hydrogen-bond donors (Lipinski definition) is 0. The molecule has 0 radical (unpaired) electrons. The first-order chi connectivity index (χ1) is 28.8. The molecule has 0 spiro atoms. The number of fused-ring (bicyclic) bond motifs is 6. The predicted molar refractivity (Wildman–Crippen MR) is 243 cm³/mol. The first kappa shape index (κ1) is 35.4. The quantitative estimate of drug-likeness (QED) is 0.169. The van der Waals surface area contributed by atoms with E-state index in [1.54, 1.807) is 0 Å². The van der Waals surface area contributed by atoms with Gasteiger partial charge in [-0.15, -0.1) is 11.3 Å². The minimum absolute atomic E-state index is 0.230. The molecule has 0 fully saturated rings. The van der Waals surface area contributed by atoms with Crippen LogP contribution < -0.4 is 0 Å². The van der Waals surface area contributed by atoms with Gasteiger partial charge in [0.1, 0.15) is 0 Å². The molecule has 3 aromatic heterocycles. The highest BCUT2D eigenvalue weighted by atomic mass is 32.1. The summed E-state index contributed by atoms with van der Waals surface area (Å²) in [6.45, 7) is 9.18. The molecule has 6 aromatic carbocycles. The van der Waals surface area contributed by atoms with Crippen LogP contribution in [-0.4, -0.2) is 19.9 Å². The smallest absolute Gasteiger partial charge is 0.160 e. The van der Waals surface area contributed by atoms with E-state index in [2.05, 4.69) is 161 Å². The van der Waals surface area contributed by atoms with Crippen LogP contribution in [0.15, 0.2) is 170 Å². The average molecular weight is 777 g/mol. The molecule has 9 aromatic rings. The molecule has 5 heteroatoms. The summed E-state index contributed by atoms with van der Waals surface area (Å²) < 4.78 is 0. The highest BCUT2D eigenvalue weighted by Gasteiger charge is 2.41. The lowest BCUT2D eigenvalue weighted by atomic mass is 9.80. The van der Waals surface area contributed by atoms with Gasteiger partial charge >= 0.3 is 0 Å². The second-order valence-electron chi connectivity index (χ2n) is 16.6. The van der Waals surface area contributed by atoms with Gasteiger partial charge in [-0.05, 0) is 34.4 Å². The molecule has 0 atom stereocenters. The highest BCUT2D eigenvalue weighted by molar-refractivity contribution is 7.18. The Morgan fingerprint density at radius 1 is 0.322 bits per heavy atom. The van der Waals surface area contributed by atoms with Crippen LogP contribution in [0.3, 0.4) is 0 Å². The number of rotatable bonds is 6. The Labute approximate surface area is 349 Å². The predicted octanol–water partition coefficient (Wildman–Crippen LogP) is 13.9. The van der Waals surface area contributed by atoms with Crippen molar-refractivity contribution in [2.24, 2.45) is 0 Å². The van der Waals surface area contributed by atoms with Crippen LogP contribution in [0.25, 0.3) is 88.7 Å². The van der Waals surface area contributed by atoms with E-state index in [0.717, 1.165) is 56.7 Å². The third-order valence-electron chi connectivity index (χ3n) is 12.3. The van der Waals surface area contributed by atoms with Gasteiger partial charge < -0.3 is 0 Å². The van der Waals surface area contributed by atoms with Crippen LogP contribution >= 0.6 is 11.3 Å². The van der Waals surface area contributed by atoms with E-state index in [4.69, 9.17) is 19.9 Å². The van der Waals surface area contributed by atoms with Gasteiger partial charge in [-0.1, -0.05) is 185 Å². The van der Waals surface area contributed by atoms with Gasteiger partial charge in [-0.3, -0.25) is 0 Å². The average Bonchev–Trinajstić information content (AvgIpc) is 3.94. The fraction of sp³-hybridized carbons (Fsp3) is 0.111. The second-order valence-corrected chi connectivity index (χ2v) is 17.7. The van der Waals surface area contributed by atoms with Crippen molar-refractivity contribution in [1.29, 1.82) is 0 Å². The van der Waals surface area contributed by atoms with E-state index < -0.39 is 0 Å². The highest BCUT2D eigenvalue weighted by Crippen LogP contribution is 2.53. The molecule has 4 nitrogen and oxygen atoms in total. The minimum Gasteiger partial charge on any atom is -0.228 e. The molecule has 11 rings (SSSR count). The molecule has 3 heterocycles. The molecule has 59 heavy (non-hydrogen) atoms. The van der Waals surface area contributed by atoms with Gasteiger partial charge in [0.2, 0.25) is 0 Å². The molecule has 0 saturated carbocycles. The van der Waals surface area contributed by atoms with Gasteiger partial charge in [0, 0.05) is 65.1 Å². The lowest BCUT2D eigenvalue weighted by Gasteiger charge is -2.23. The van der Waals surface area contributed by atoms with Gasteiger partial charge in [-0.2, -0.15) is 0 Å². The third-order valence-corrected chi connectivity index (χ3v) is 13.5. The first-order valence-electron chi connectivity index (χ1n) is 20.2. The molecule has 0 saturated heterocycles. The summed E-state index contributed by atoms with van der Waals surface area (Å²) in [7, 11) is 0. The molecule has 0 unspecified atom stereocenters. The Balaban J connectivity index is 0.929. The Morgan fingerprint density at radius 3 is 1.07 bits per heavy atom. The Morgan fingerprint density at radius 2 is 0.661 bits per heavy atom. The maximum absolute atomic E-state index is 5.28. The van der Waals surface area contributed by atoms with Crippen molar-refractivity contribution in [2.75, 3.05) is 0 Å². The normalized spacial score (nSPS) is 14.0. The van der Waals surface area contributed by atoms with E-state index in [1.807, 2.05) is 47.7 Å². The molecule has 0 N–H and O–H groups in total. The van der Waals surface area contributed by atoms with Crippen LogP contribution in [0.4, 0.5) is 0 Å². The largest absolute Gasteiger partial charge is 0.228 e. The van der Waals surface area contributed by atoms with Crippen molar-refractivity contribution < 1.29 is 0 Å². The third kappa shape index (κ3) is 5.64. The van der Waals surface area contributed by atoms with Gasteiger partial charge in [0.25, 0.3) is 0 Å². The summed E-state index contributed by atoms with van der Waals surface area (Å²) in [5.74, 6) is 1.50. The van der Waals surface area contributed by atoms with Crippen molar-refractivity contribution >= 4 is 11.3 Å². The molecule has 2 aliphatic carbocycles. The Bertz CT molecular complexity index is 2860. The zero-order valence-electron chi connectivity index (χ0n) is 33.4. The SMILES string of the molecule is CC1(C)c2ccccc2-c2nc(-c3ccccc3)nc(-c3ccc(-c4ccc(-c5ccc(-c6nc(-c7ccccc7)nc7c6C(C)(C)c6ccccc6-7)cc5)s4)cc3)c21. The van der Waals surface area contributed by atoms with Crippen molar-refractivity contribution in [1.82, 2.24) is 19.9 Å². The molecule has 0 amide bonds. The van der Waals surface area contributed by atoms with Crippen LogP contribution in [-0.2, 0) is 10.8 Å². The number of nitrogens with zero attached hydrogens (tertiary/aromatic N) is 4. The lowest BCUT2D eigenvalue weighted by molar-refractivity contribution is 0.657. The van der Waals surface area contributed by atoms with Crippen LogP contribution in [0.2, 0.25) is 0 Å². The summed E-state index contributed by atoms with van der Waals surface area (Å²) in [5, 5.41) is 0. The summed E-state index contributed by atoms with van der Waals surface area (Å²) in [4.78, 5) is 23.4. The van der Waals surface area contributed by atoms with Gasteiger partial charge in [-0.25, -0.2) is 19.9 Å². The molecule has 0 aliphatic heterocycles. The van der Waals surface area contributed by atoms with E-state index in [9.17, 15) is 0 Å². The number of aromatic nitrogens is 4. The minimum atomic E-state index is -0.230. The monoisotopic (exact) mass is 776 g/mol.